The highest BCUT2D eigenvalue weighted by atomic mass is 16.2. The monoisotopic (exact) mass is 236 g/mol. The maximum absolute atomic E-state index is 12.1. The number of hydrogen-bond donors (Lipinski definition) is 0. The first kappa shape index (κ1) is 12.1. The average Bonchev–Trinajstić information content (AvgIpc) is 2.60. The van der Waals surface area contributed by atoms with Crippen LogP contribution in [0.1, 0.15) is 33.1 Å². The number of fused-ring (bicyclic) bond motifs is 1. The van der Waals surface area contributed by atoms with Crippen molar-refractivity contribution in [2.75, 3.05) is 14.1 Å². The number of urea groups is 1. The predicted molar refractivity (Wildman–Crippen MR) is 65.7 cm³/mol. The SMILES string of the molecule is CC1=C2C[C@@H](C)N(C(=O)N(C)C)[C@@H]2CCC1=O. The number of hydrogen-bond acceptors (Lipinski definition) is 2. The zero-order valence-electron chi connectivity index (χ0n) is 11.0. The quantitative estimate of drug-likeness (QED) is 0.643. The third-order valence-electron chi connectivity index (χ3n) is 3.88. The lowest BCUT2D eigenvalue weighted by molar-refractivity contribution is -0.116. The largest absolute Gasteiger partial charge is 0.331 e. The molecule has 0 bridgehead atoms. The number of Topliss-reactive ketones (excluding diaryl/α,β-unsaturated/α-hetero) is 1. The van der Waals surface area contributed by atoms with E-state index < -0.39 is 0 Å². The molecule has 17 heavy (non-hydrogen) atoms. The summed E-state index contributed by atoms with van der Waals surface area (Å²) in [6, 6.07) is 0.406. The van der Waals surface area contributed by atoms with Gasteiger partial charge in [-0.2, -0.15) is 0 Å². The average molecular weight is 236 g/mol. The Kier molecular flexibility index (Phi) is 2.98. The lowest BCUT2D eigenvalue weighted by Gasteiger charge is -2.32. The van der Waals surface area contributed by atoms with Gasteiger partial charge in [0.1, 0.15) is 0 Å². The molecule has 94 valence electrons. The Hall–Kier alpha value is -1.32. The fraction of sp³-hybridized carbons (Fsp3) is 0.692. The molecule has 2 atom stereocenters. The number of allylic oxidation sites excluding steroid dienone is 1. The van der Waals surface area contributed by atoms with Crippen molar-refractivity contribution in [1.82, 2.24) is 9.80 Å². The second-order valence-corrected chi connectivity index (χ2v) is 5.27. The first-order valence-corrected chi connectivity index (χ1v) is 6.16. The van der Waals surface area contributed by atoms with E-state index in [0.29, 0.717) is 6.42 Å². The minimum absolute atomic E-state index is 0.0552. The number of carbonyl (C=O) groups is 2. The third-order valence-corrected chi connectivity index (χ3v) is 3.88. The second-order valence-electron chi connectivity index (χ2n) is 5.27. The highest BCUT2D eigenvalue weighted by molar-refractivity contribution is 5.97. The molecule has 0 unspecified atom stereocenters. The Morgan fingerprint density at radius 2 is 2.06 bits per heavy atom. The van der Waals surface area contributed by atoms with Gasteiger partial charge in [-0.25, -0.2) is 4.79 Å². The molecule has 0 N–H and O–H groups in total. The summed E-state index contributed by atoms with van der Waals surface area (Å²) in [6.07, 6.45) is 2.21. The van der Waals surface area contributed by atoms with Crippen LogP contribution in [0.5, 0.6) is 0 Å². The first-order chi connectivity index (χ1) is 7.93. The summed E-state index contributed by atoms with van der Waals surface area (Å²) in [4.78, 5) is 27.4. The number of nitrogens with zero attached hydrogens (tertiary/aromatic N) is 2. The Bertz CT molecular complexity index is 398. The highest BCUT2D eigenvalue weighted by Gasteiger charge is 2.42. The van der Waals surface area contributed by atoms with Gasteiger partial charge in [-0.15, -0.1) is 0 Å². The van der Waals surface area contributed by atoms with E-state index in [1.54, 1.807) is 19.0 Å². The predicted octanol–water partition coefficient (Wildman–Crippen LogP) is 1.81. The van der Waals surface area contributed by atoms with E-state index in [-0.39, 0.29) is 23.9 Å². The molecule has 0 aromatic rings. The van der Waals surface area contributed by atoms with Crippen LogP contribution in [0, 0.1) is 0 Å². The van der Waals surface area contributed by atoms with Gasteiger partial charge in [0.15, 0.2) is 5.78 Å². The maximum atomic E-state index is 12.1. The molecule has 1 saturated heterocycles. The van der Waals surface area contributed by atoms with Gasteiger partial charge in [0.25, 0.3) is 0 Å². The van der Waals surface area contributed by atoms with Crippen LogP contribution in [-0.2, 0) is 4.79 Å². The Balaban J connectivity index is 2.33. The van der Waals surface area contributed by atoms with Crippen LogP contribution in [0.4, 0.5) is 4.79 Å². The van der Waals surface area contributed by atoms with Crippen LogP contribution in [0.3, 0.4) is 0 Å². The lowest BCUT2D eigenvalue weighted by atomic mass is 9.88. The normalized spacial score (nSPS) is 28.5. The first-order valence-electron chi connectivity index (χ1n) is 6.16. The summed E-state index contributed by atoms with van der Waals surface area (Å²) in [6.45, 7) is 3.96. The smallest absolute Gasteiger partial charge is 0.320 e. The number of carbonyl (C=O) groups excluding carboxylic acids is 2. The van der Waals surface area contributed by atoms with Gasteiger partial charge in [-0.3, -0.25) is 4.79 Å². The molecule has 2 aliphatic rings. The van der Waals surface area contributed by atoms with Crippen molar-refractivity contribution in [1.29, 1.82) is 0 Å². The number of rotatable bonds is 0. The Morgan fingerprint density at radius 1 is 1.41 bits per heavy atom. The van der Waals surface area contributed by atoms with Crippen LogP contribution in [0.15, 0.2) is 11.1 Å². The molecule has 1 aliphatic heterocycles. The fourth-order valence-electron chi connectivity index (χ4n) is 2.93. The van der Waals surface area contributed by atoms with Crippen molar-refractivity contribution in [2.24, 2.45) is 0 Å². The molecule has 2 amide bonds. The summed E-state index contributed by atoms with van der Waals surface area (Å²) >= 11 is 0. The van der Waals surface area contributed by atoms with E-state index in [4.69, 9.17) is 0 Å². The van der Waals surface area contributed by atoms with E-state index in [1.807, 2.05) is 11.8 Å². The molecule has 0 spiro atoms. The van der Waals surface area contributed by atoms with Crippen molar-refractivity contribution in [3.63, 3.8) is 0 Å². The van der Waals surface area contributed by atoms with Gasteiger partial charge in [-0.05, 0) is 37.8 Å². The Labute approximate surface area is 102 Å². The van der Waals surface area contributed by atoms with Crippen LogP contribution >= 0.6 is 0 Å². The molecule has 0 saturated carbocycles. The molecule has 4 nitrogen and oxygen atoms in total. The van der Waals surface area contributed by atoms with Gasteiger partial charge in [0.05, 0.1) is 6.04 Å². The van der Waals surface area contributed by atoms with Crippen molar-refractivity contribution in [3.05, 3.63) is 11.1 Å². The molecule has 0 radical (unpaired) electrons. The number of ketones is 1. The van der Waals surface area contributed by atoms with E-state index in [0.717, 1.165) is 18.4 Å². The maximum Gasteiger partial charge on any atom is 0.320 e. The molecule has 2 rings (SSSR count). The standard InChI is InChI=1S/C13H20N2O2/c1-8-7-10-9(2)12(16)6-5-11(10)15(8)13(17)14(3)4/h8,11H,5-7H2,1-4H3/t8-,11-/m1/s1. The van der Waals surface area contributed by atoms with Crippen molar-refractivity contribution < 1.29 is 9.59 Å². The molecule has 1 fully saturated rings. The lowest BCUT2D eigenvalue weighted by Crippen LogP contribution is -2.46. The van der Waals surface area contributed by atoms with E-state index in [2.05, 4.69) is 6.92 Å². The minimum atomic E-state index is 0.0552. The van der Waals surface area contributed by atoms with Crippen LogP contribution in [0.25, 0.3) is 0 Å². The summed E-state index contributed by atoms with van der Waals surface area (Å²) < 4.78 is 0. The van der Waals surface area contributed by atoms with Gasteiger partial charge in [0.2, 0.25) is 0 Å². The van der Waals surface area contributed by atoms with Crippen molar-refractivity contribution >= 4 is 11.8 Å². The van der Waals surface area contributed by atoms with Crippen molar-refractivity contribution in [2.45, 2.75) is 45.2 Å². The summed E-state index contributed by atoms with van der Waals surface area (Å²) in [7, 11) is 3.55. The third kappa shape index (κ3) is 1.85. The molecule has 0 aromatic carbocycles. The fourth-order valence-corrected chi connectivity index (χ4v) is 2.93. The summed E-state index contributed by atoms with van der Waals surface area (Å²) in [5, 5.41) is 0. The second kappa shape index (κ2) is 4.17. The van der Waals surface area contributed by atoms with Gasteiger partial charge < -0.3 is 9.80 Å². The highest BCUT2D eigenvalue weighted by Crippen LogP contribution is 2.38. The number of likely N-dealkylation sites (tertiary alicyclic amines) is 1. The van der Waals surface area contributed by atoms with Crippen LogP contribution < -0.4 is 0 Å². The summed E-state index contributed by atoms with van der Waals surface area (Å²) in [5.74, 6) is 0.252. The Morgan fingerprint density at radius 3 is 2.65 bits per heavy atom. The molecular formula is C13H20N2O2. The topological polar surface area (TPSA) is 40.6 Å². The number of amides is 2. The van der Waals surface area contributed by atoms with Crippen LogP contribution in [0.2, 0.25) is 0 Å². The summed E-state index contributed by atoms with van der Waals surface area (Å²) in [5.41, 5.74) is 2.08. The molecular weight excluding hydrogens is 216 g/mol. The van der Waals surface area contributed by atoms with Gasteiger partial charge in [0, 0.05) is 26.6 Å². The van der Waals surface area contributed by atoms with E-state index in [1.165, 1.54) is 5.57 Å². The van der Waals surface area contributed by atoms with Gasteiger partial charge in [-0.1, -0.05) is 0 Å². The molecule has 4 heteroatoms. The zero-order valence-corrected chi connectivity index (χ0v) is 11.0. The van der Waals surface area contributed by atoms with E-state index in [9.17, 15) is 9.59 Å². The van der Waals surface area contributed by atoms with Crippen LogP contribution in [-0.4, -0.2) is 47.8 Å². The minimum Gasteiger partial charge on any atom is -0.331 e. The van der Waals surface area contributed by atoms with E-state index >= 15 is 0 Å². The molecule has 0 aromatic heterocycles. The molecule has 1 heterocycles. The van der Waals surface area contributed by atoms with Gasteiger partial charge >= 0.3 is 6.03 Å². The zero-order chi connectivity index (χ0) is 12.7. The molecule has 1 aliphatic carbocycles. The van der Waals surface area contributed by atoms with Crippen molar-refractivity contribution in [3.8, 4) is 0 Å².